The molecule has 26 heavy (non-hydrogen) atoms. The van der Waals surface area contributed by atoms with Gasteiger partial charge in [0.1, 0.15) is 6.04 Å². The molecule has 0 unspecified atom stereocenters. The number of benzene rings is 1. The van der Waals surface area contributed by atoms with Crippen LogP contribution in [0.3, 0.4) is 0 Å². The fourth-order valence-electron chi connectivity index (χ4n) is 4.65. The molecule has 138 valence electrons. The number of alkyl halides is 2. The molecule has 1 heterocycles. The highest BCUT2D eigenvalue weighted by molar-refractivity contribution is 14.1. The first-order valence-corrected chi connectivity index (χ1v) is 11.4. The van der Waals surface area contributed by atoms with Crippen LogP contribution in [0.2, 0.25) is 0 Å². The summed E-state index contributed by atoms with van der Waals surface area (Å²) in [6.45, 7) is 1.62. The topological polar surface area (TPSA) is 66.5 Å². The molecule has 0 aromatic heterocycles. The van der Waals surface area contributed by atoms with Crippen LogP contribution in [0.15, 0.2) is 24.3 Å². The number of hydrogen-bond acceptors (Lipinski definition) is 3. The lowest BCUT2D eigenvalue weighted by Crippen LogP contribution is -2.46. The van der Waals surface area contributed by atoms with Gasteiger partial charge < -0.3 is 5.32 Å². The molecular weight excluding hydrogens is 579 g/mol. The summed E-state index contributed by atoms with van der Waals surface area (Å²) in [4.78, 5) is 40.2. The van der Waals surface area contributed by atoms with E-state index in [9.17, 15) is 14.4 Å². The van der Waals surface area contributed by atoms with E-state index in [4.69, 9.17) is 0 Å². The van der Waals surface area contributed by atoms with Crippen molar-refractivity contribution >= 4 is 77.9 Å². The number of carbonyl (C=O) groups excluding carboxylic acids is 3. The first kappa shape index (κ1) is 18.9. The van der Waals surface area contributed by atoms with Crippen molar-refractivity contribution < 1.29 is 14.4 Å². The lowest BCUT2D eigenvalue weighted by molar-refractivity contribution is -0.146. The summed E-state index contributed by atoms with van der Waals surface area (Å²) in [5.74, 6) is -1.00. The van der Waals surface area contributed by atoms with E-state index in [1.165, 1.54) is 4.90 Å². The summed E-state index contributed by atoms with van der Waals surface area (Å²) >= 11 is 9.53. The Hall–Kier alpha value is -0.480. The number of nitrogens with zero attached hydrogens (tertiary/aromatic N) is 1. The molecule has 2 aliphatic carbocycles. The third kappa shape index (κ3) is 2.78. The zero-order valence-electron chi connectivity index (χ0n) is 13.9. The number of carbonyl (C=O) groups is 3. The van der Waals surface area contributed by atoms with Crippen molar-refractivity contribution in [3.8, 4) is 0 Å². The highest BCUT2D eigenvalue weighted by Gasteiger charge is 2.67. The molecule has 4 rings (SSSR count). The van der Waals surface area contributed by atoms with Crippen LogP contribution >= 0.6 is 54.5 Å². The molecule has 0 radical (unpaired) electrons. The van der Waals surface area contributed by atoms with Gasteiger partial charge in [-0.1, -0.05) is 31.9 Å². The van der Waals surface area contributed by atoms with Gasteiger partial charge in [0, 0.05) is 18.9 Å². The molecule has 3 aliphatic rings. The van der Waals surface area contributed by atoms with Crippen LogP contribution in [0, 0.1) is 27.2 Å². The normalized spacial score (nSPS) is 36.4. The molecule has 1 saturated heterocycles. The maximum Gasteiger partial charge on any atom is 0.247 e. The first-order chi connectivity index (χ1) is 12.3. The molecule has 3 amide bonds. The van der Waals surface area contributed by atoms with Crippen molar-refractivity contribution in [1.82, 2.24) is 4.90 Å². The van der Waals surface area contributed by atoms with Crippen LogP contribution < -0.4 is 5.32 Å². The van der Waals surface area contributed by atoms with E-state index in [2.05, 4.69) is 59.8 Å². The van der Waals surface area contributed by atoms with Gasteiger partial charge in [0.2, 0.25) is 17.7 Å². The largest absolute Gasteiger partial charge is 0.324 e. The number of rotatable bonds is 3. The quantitative estimate of drug-likeness (QED) is 0.331. The molecular formula is C18H17Br2IN2O3. The highest BCUT2D eigenvalue weighted by Crippen LogP contribution is 2.60. The van der Waals surface area contributed by atoms with Crippen molar-refractivity contribution in [3.63, 3.8) is 0 Å². The van der Waals surface area contributed by atoms with E-state index < -0.39 is 6.04 Å². The fourth-order valence-corrected chi connectivity index (χ4v) is 6.88. The Morgan fingerprint density at radius 1 is 1.12 bits per heavy atom. The number of halogens is 3. The molecule has 0 spiro atoms. The Morgan fingerprint density at radius 3 is 2.12 bits per heavy atom. The van der Waals surface area contributed by atoms with Gasteiger partial charge in [-0.2, -0.15) is 0 Å². The van der Waals surface area contributed by atoms with Crippen LogP contribution in [-0.4, -0.2) is 38.3 Å². The third-order valence-electron chi connectivity index (χ3n) is 5.90. The minimum Gasteiger partial charge on any atom is -0.324 e. The van der Waals surface area contributed by atoms with E-state index in [1.807, 2.05) is 12.1 Å². The van der Waals surface area contributed by atoms with Crippen LogP contribution in [0.5, 0.6) is 0 Å². The van der Waals surface area contributed by atoms with Gasteiger partial charge in [-0.15, -0.1) is 0 Å². The summed E-state index contributed by atoms with van der Waals surface area (Å²) in [5, 5.41) is 2.80. The number of nitrogens with one attached hydrogen (secondary N) is 1. The van der Waals surface area contributed by atoms with Gasteiger partial charge in [0.15, 0.2) is 0 Å². The third-order valence-corrected chi connectivity index (χ3v) is 9.83. The molecule has 2 bridgehead atoms. The lowest BCUT2D eigenvalue weighted by Gasteiger charge is -2.28. The minimum absolute atomic E-state index is 0.155. The summed E-state index contributed by atoms with van der Waals surface area (Å²) < 4.78 is 1.07. The number of likely N-dealkylation sites (tertiary alicyclic amines) is 1. The van der Waals surface area contributed by atoms with E-state index in [-0.39, 0.29) is 51.0 Å². The first-order valence-electron chi connectivity index (χ1n) is 8.52. The highest BCUT2D eigenvalue weighted by atomic mass is 127. The zero-order chi connectivity index (χ0) is 18.7. The smallest absolute Gasteiger partial charge is 0.247 e. The monoisotopic (exact) mass is 594 g/mol. The standard InChI is InChI=1S/C18H17Br2IN2O3/c1-7(16(24)22-9-4-2-8(21)3-5-9)23-17(25)12-10-6-11(13(12)18(23)26)15(20)14(10)19/h2-5,7,10-15H,6H2,1H3,(H,22,24)/t7-,10-,11-,12-,13-,14-,15+/m0/s1. The van der Waals surface area contributed by atoms with Gasteiger partial charge in [-0.25, -0.2) is 0 Å². The zero-order valence-corrected chi connectivity index (χ0v) is 19.2. The van der Waals surface area contributed by atoms with Gasteiger partial charge in [0.25, 0.3) is 0 Å². The summed E-state index contributed by atoms with van der Waals surface area (Å²) in [6, 6.07) is 6.57. The van der Waals surface area contributed by atoms with Crippen LogP contribution in [0.4, 0.5) is 5.69 Å². The van der Waals surface area contributed by atoms with Crippen molar-refractivity contribution in [3.05, 3.63) is 27.8 Å². The van der Waals surface area contributed by atoms with Crippen molar-refractivity contribution in [2.24, 2.45) is 23.7 Å². The molecule has 2 saturated carbocycles. The van der Waals surface area contributed by atoms with Crippen molar-refractivity contribution in [1.29, 1.82) is 0 Å². The Labute approximate surface area is 182 Å². The Kier molecular flexibility index (Phi) is 4.97. The predicted molar refractivity (Wildman–Crippen MR) is 113 cm³/mol. The molecule has 1 aromatic rings. The van der Waals surface area contributed by atoms with Crippen LogP contribution in [0.1, 0.15) is 13.3 Å². The van der Waals surface area contributed by atoms with E-state index in [0.29, 0.717) is 5.69 Å². The van der Waals surface area contributed by atoms with Crippen molar-refractivity contribution in [2.45, 2.75) is 29.0 Å². The summed E-state index contributed by atoms with van der Waals surface area (Å²) in [5.41, 5.74) is 0.655. The average molecular weight is 596 g/mol. The van der Waals surface area contributed by atoms with E-state index in [0.717, 1.165) is 9.99 Å². The number of imide groups is 1. The Balaban J connectivity index is 1.53. The fraction of sp³-hybridized carbons (Fsp3) is 0.500. The van der Waals surface area contributed by atoms with Crippen LogP contribution in [0.25, 0.3) is 0 Å². The second-order valence-electron chi connectivity index (χ2n) is 7.22. The molecule has 5 nitrogen and oxygen atoms in total. The molecule has 1 aliphatic heterocycles. The van der Waals surface area contributed by atoms with Gasteiger partial charge >= 0.3 is 0 Å². The second-order valence-corrected chi connectivity index (χ2v) is 10.6. The minimum atomic E-state index is -0.818. The summed E-state index contributed by atoms with van der Waals surface area (Å²) in [7, 11) is 0. The van der Waals surface area contributed by atoms with E-state index in [1.54, 1.807) is 19.1 Å². The van der Waals surface area contributed by atoms with E-state index >= 15 is 0 Å². The van der Waals surface area contributed by atoms with Crippen molar-refractivity contribution in [2.75, 3.05) is 5.32 Å². The van der Waals surface area contributed by atoms with Gasteiger partial charge in [-0.3, -0.25) is 19.3 Å². The van der Waals surface area contributed by atoms with Crippen LogP contribution in [-0.2, 0) is 14.4 Å². The van der Waals surface area contributed by atoms with Gasteiger partial charge in [-0.05, 0) is 72.0 Å². The molecule has 8 heteroatoms. The molecule has 1 aromatic carbocycles. The number of fused-ring (bicyclic) bond motifs is 5. The number of amides is 3. The summed E-state index contributed by atoms with van der Waals surface area (Å²) in [6.07, 6.45) is 0.885. The van der Waals surface area contributed by atoms with Gasteiger partial charge in [0.05, 0.1) is 11.8 Å². The second kappa shape index (κ2) is 6.84. The number of hydrogen-bond donors (Lipinski definition) is 1. The maximum atomic E-state index is 13.0. The molecule has 1 N–H and O–H groups in total. The molecule has 3 fully saturated rings. The maximum absolute atomic E-state index is 13.0. The predicted octanol–water partition coefficient (Wildman–Crippen LogP) is 3.40. The number of anilines is 1. The Morgan fingerprint density at radius 2 is 1.62 bits per heavy atom. The Bertz CT molecular complexity index is 755. The SMILES string of the molecule is C[C@@H](C(=O)Nc1ccc(I)cc1)N1C(=O)[C@H]2[C@@H]3C[C@H]([C@@H](Br)[C@H]3Br)[C@@H]2C1=O. The molecule has 7 atom stereocenters. The lowest BCUT2D eigenvalue weighted by atomic mass is 9.81. The average Bonchev–Trinajstić information content (AvgIpc) is 3.21.